The van der Waals surface area contributed by atoms with Crippen molar-refractivity contribution in [3.63, 3.8) is 0 Å². The topological polar surface area (TPSA) is 21.3 Å². The van der Waals surface area contributed by atoms with Gasteiger partial charge in [-0.2, -0.15) is 0 Å². The molecule has 102 valence electrons. The van der Waals surface area contributed by atoms with Crippen molar-refractivity contribution in [2.75, 3.05) is 20.2 Å². The van der Waals surface area contributed by atoms with Crippen molar-refractivity contribution in [3.05, 3.63) is 65.7 Å². The van der Waals surface area contributed by atoms with Crippen LogP contribution in [0.3, 0.4) is 0 Å². The van der Waals surface area contributed by atoms with Gasteiger partial charge in [0.1, 0.15) is 5.75 Å². The highest BCUT2D eigenvalue weighted by Crippen LogP contribution is 2.11. The maximum absolute atomic E-state index is 5.13. The summed E-state index contributed by atoms with van der Waals surface area (Å²) in [6.45, 7) is 1.64. The Kier molecular flexibility index (Phi) is 5.70. The van der Waals surface area contributed by atoms with E-state index < -0.39 is 0 Å². The highest BCUT2D eigenvalue weighted by Gasteiger charge is 1.93. The Hall–Kier alpha value is -2.24. The van der Waals surface area contributed by atoms with E-state index in [2.05, 4.69) is 29.3 Å². The van der Waals surface area contributed by atoms with E-state index in [-0.39, 0.29) is 0 Å². The van der Waals surface area contributed by atoms with E-state index in [0.717, 1.165) is 24.3 Å². The quantitative estimate of drug-likeness (QED) is 0.663. The number of ether oxygens (including phenoxy) is 1. The average molecular weight is 265 g/mol. The van der Waals surface area contributed by atoms with Gasteiger partial charge in [-0.15, -0.1) is 0 Å². The molecule has 0 aliphatic rings. The van der Waals surface area contributed by atoms with Gasteiger partial charge in [-0.25, -0.2) is 0 Å². The molecule has 2 nitrogen and oxygen atoms in total. The molecule has 2 rings (SSSR count). The molecule has 0 amide bonds. The molecule has 0 radical (unpaired) electrons. The van der Waals surface area contributed by atoms with Crippen LogP contribution in [0.4, 0.5) is 0 Å². The monoisotopic (exact) mass is 265 g/mol. The van der Waals surface area contributed by atoms with Crippen LogP contribution in [0.5, 0.6) is 5.75 Å². The second-order valence-corrected chi connectivity index (χ2v) is 4.44. The van der Waals surface area contributed by atoms with Crippen molar-refractivity contribution >= 4 is 0 Å². The first kappa shape index (κ1) is 14.2. The first-order valence-corrected chi connectivity index (χ1v) is 6.76. The van der Waals surface area contributed by atoms with Crippen molar-refractivity contribution in [1.82, 2.24) is 5.32 Å². The molecule has 1 N–H and O–H groups in total. The second kappa shape index (κ2) is 8.04. The molecule has 0 unspecified atom stereocenters. The SMILES string of the molecule is COc1ccc(CCNCC#Cc2ccccc2)cc1. The molecule has 0 aliphatic heterocycles. The van der Waals surface area contributed by atoms with Crippen molar-refractivity contribution in [3.8, 4) is 17.6 Å². The van der Waals surface area contributed by atoms with Gasteiger partial charge in [0, 0.05) is 12.1 Å². The fourth-order valence-electron chi connectivity index (χ4n) is 1.84. The van der Waals surface area contributed by atoms with Gasteiger partial charge in [0.15, 0.2) is 0 Å². The lowest BCUT2D eigenvalue weighted by Crippen LogP contribution is -2.17. The van der Waals surface area contributed by atoms with E-state index in [1.807, 2.05) is 42.5 Å². The zero-order valence-electron chi connectivity index (χ0n) is 11.7. The van der Waals surface area contributed by atoms with Crippen LogP contribution in [0.25, 0.3) is 0 Å². The summed E-state index contributed by atoms with van der Waals surface area (Å²) in [6.07, 6.45) is 0.997. The molecule has 2 heteroatoms. The predicted octanol–water partition coefficient (Wildman–Crippen LogP) is 2.88. The van der Waals surface area contributed by atoms with E-state index in [1.54, 1.807) is 7.11 Å². The summed E-state index contributed by atoms with van der Waals surface area (Å²) in [7, 11) is 1.68. The summed E-state index contributed by atoms with van der Waals surface area (Å²) < 4.78 is 5.13. The standard InChI is InChI=1S/C18H19NO/c1-20-18-11-9-17(10-12-18)13-15-19-14-5-8-16-6-3-2-4-7-16/h2-4,6-7,9-12,19H,13-15H2,1H3. The average Bonchev–Trinajstić information content (AvgIpc) is 2.52. The Morgan fingerprint density at radius 3 is 2.45 bits per heavy atom. The number of benzene rings is 2. The normalized spacial score (nSPS) is 9.65. The molecule has 2 aromatic rings. The van der Waals surface area contributed by atoms with Gasteiger partial charge in [0.2, 0.25) is 0 Å². The smallest absolute Gasteiger partial charge is 0.118 e. The summed E-state index contributed by atoms with van der Waals surface area (Å²) in [5, 5.41) is 3.33. The Morgan fingerprint density at radius 2 is 1.75 bits per heavy atom. The highest BCUT2D eigenvalue weighted by atomic mass is 16.5. The van der Waals surface area contributed by atoms with Crippen molar-refractivity contribution in [2.45, 2.75) is 6.42 Å². The molecule has 0 fully saturated rings. The van der Waals surface area contributed by atoms with Gasteiger partial charge in [-0.1, -0.05) is 42.2 Å². The minimum atomic E-state index is 0.713. The number of nitrogens with one attached hydrogen (secondary N) is 1. The van der Waals surface area contributed by atoms with E-state index >= 15 is 0 Å². The third kappa shape index (κ3) is 4.79. The van der Waals surface area contributed by atoms with Crippen LogP contribution in [0.15, 0.2) is 54.6 Å². The first-order chi connectivity index (χ1) is 9.88. The maximum Gasteiger partial charge on any atom is 0.118 e. The van der Waals surface area contributed by atoms with Crippen LogP contribution in [0.2, 0.25) is 0 Å². The molecule has 0 bridgehead atoms. The van der Waals surface area contributed by atoms with E-state index in [4.69, 9.17) is 4.74 Å². The van der Waals surface area contributed by atoms with Crippen LogP contribution in [-0.2, 0) is 6.42 Å². The van der Waals surface area contributed by atoms with Gasteiger partial charge in [-0.05, 0) is 36.2 Å². The van der Waals surface area contributed by atoms with Crippen molar-refractivity contribution in [1.29, 1.82) is 0 Å². The lowest BCUT2D eigenvalue weighted by atomic mass is 10.1. The third-order valence-corrected chi connectivity index (χ3v) is 2.97. The molecular formula is C18H19NO. The summed E-state index contributed by atoms with van der Waals surface area (Å²) in [5.74, 6) is 7.15. The van der Waals surface area contributed by atoms with Gasteiger partial charge in [0.05, 0.1) is 13.7 Å². The largest absolute Gasteiger partial charge is 0.497 e. The van der Waals surface area contributed by atoms with Crippen LogP contribution in [-0.4, -0.2) is 20.2 Å². The first-order valence-electron chi connectivity index (χ1n) is 6.76. The minimum absolute atomic E-state index is 0.713. The van der Waals surface area contributed by atoms with E-state index in [1.165, 1.54) is 5.56 Å². The van der Waals surface area contributed by atoms with Gasteiger partial charge >= 0.3 is 0 Å². The second-order valence-electron chi connectivity index (χ2n) is 4.44. The van der Waals surface area contributed by atoms with Crippen LogP contribution < -0.4 is 10.1 Å². The molecule has 0 saturated heterocycles. The van der Waals surface area contributed by atoms with E-state index in [9.17, 15) is 0 Å². The Morgan fingerprint density at radius 1 is 1.00 bits per heavy atom. The van der Waals surface area contributed by atoms with Gasteiger partial charge in [0.25, 0.3) is 0 Å². The molecule has 0 atom stereocenters. The molecule has 2 aromatic carbocycles. The highest BCUT2D eigenvalue weighted by molar-refractivity contribution is 5.33. The summed E-state index contributed by atoms with van der Waals surface area (Å²) in [6, 6.07) is 18.2. The van der Waals surface area contributed by atoms with Crippen LogP contribution >= 0.6 is 0 Å². The number of hydrogen-bond donors (Lipinski definition) is 1. The van der Waals surface area contributed by atoms with Gasteiger partial charge in [-0.3, -0.25) is 0 Å². The Balaban J connectivity index is 1.68. The molecular weight excluding hydrogens is 246 g/mol. The van der Waals surface area contributed by atoms with Crippen molar-refractivity contribution in [2.24, 2.45) is 0 Å². The summed E-state index contributed by atoms with van der Waals surface area (Å²) in [5.41, 5.74) is 2.36. The summed E-state index contributed by atoms with van der Waals surface area (Å²) >= 11 is 0. The van der Waals surface area contributed by atoms with E-state index in [0.29, 0.717) is 6.54 Å². The number of rotatable bonds is 5. The van der Waals surface area contributed by atoms with Gasteiger partial charge < -0.3 is 10.1 Å². The van der Waals surface area contributed by atoms with Crippen LogP contribution in [0, 0.1) is 11.8 Å². The molecule has 0 aliphatic carbocycles. The molecule has 0 spiro atoms. The molecule has 0 saturated carbocycles. The predicted molar refractivity (Wildman–Crippen MR) is 82.9 cm³/mol. The minimum Gasteiger partial charge on any atom is -0.497 e. The maximum atomic E-state index is 5.13. The van der Waals surface area contributed by atoms with Crippen molar-refractivity contribution < 1.29 is 4.74 Å². The fraction of sp³-hybridized carbons (Fsp3) is 0.222. The number of hydrogen-bond acceptors (Lipinski definition) is 2. The summed E-state index contributed by atoms with van der Waals surface area (Å²) in [4.78, 5) is 0. The lowest BCUT2D eigenvalue weighted by molar-refractivity contribution is 0.414. The molecule has 20 heavy (non-hydrogen) atoms. The Bertz CT molecular complexity index is 564. The molecule has 0 heterocycles. The third-order valence-electron chi connectivity index (χ3n) is 2.97. The zero-order valence-corrected chi connectivity index (χ0v) is 11.7. The Labute approximate surface area is 120 Å². The zero-order chi connectivity index (χ0) is 14.0. The fourth-order valence-corrected chi connectivity index (χ4v) is 1.84. The number of methoxy groups -OCH3 is 1. The van der Waals surface area contributed by atoms with Crippen LogP contribution in [0.1, 0.15) is 11.1 Å². The molecule has 0 aromatic heterocycles. The lowest BCUT2D eigenvalue weighted by Gasteiger charge is -2.03.